The third-order valence-corrected chi connectivity index (χ3v) is 8.04. The molecule has 0 bridgehead atoms. The number of esters is 1. The Hall–Kier alpha value is -0.393. The molecule has 0 radical (unpaired) electrons. The van der Waals surface area contributed by atoms with Crippen molar-refractivity contribution in [2.24, 2.45) is 5.92 Å². The summed E-state index contributed by atoms with van der Waals surface area (Å²) in [6, 6.07) is 0. The first kappa shape index (κ1) is 16.7. The van der Waals surface area contributed by atoms with Crippen molar-refractivity contribution in [3.8, 4) is 0 Å². The Bertz CT molecular complexity index is 322. The molecular formula is C14H28O4Si. The summed E-state index contributed by atoms with van der Waals surface area (Å²) in [4.78, 5) is 21.4. The van der Waals surface area contributed by atoms with E-state index in [1.165, 1.54) is 6.92 Å². The quantitative estimate of drug-likeness (QED) is 0.616. The number of carbonyl (C=O) groups excluding carboxylic acids is 1. The summed E-state index contributed by atoms with van der Waals surface area (Å²) < 4.78 is 5.24. The normalized spacial score (nSPS) is 29.1. The van der Waals surface area contributed by atoms with Crippen molar-refractivity contribution < 1.29 is 19.4 Å². The number of ether oxygens (including phenoxy) is 1. The van der Waals surface area contributed by atoms with E-state index in [2.05, 4.69) is 13.8 Å². The third-order valence-electron chi connectivity index (χ3n) is 4.52. The van der Waals surface area contributed by atoms with Crippen LogP contribution in [0.25, 0.3) is 0 Å². The summed E-state index contributed by atoms with van der Waals surface area (Å²) in [7, 11) is -2.23. The highest BCUT2D eigenvalue weighted by atomic mass is 28.4. The Morgan fingerprint density at radius 1 is 1.32 bits per heavy atom. The van der Waals surface area contributed by atoms with Gasteiger partial charge in [0.15, 0.2) is 8.32 Å². The first-order valence-electron chi connectivity index (χ1n) is 7.09. The van der Waals surface area contributed by atoms with Crippen molar-refractivity contribution in [2.45, 2.75) is 76.8 Å². The van der Waals surface area contributed by atoms with Gasteiger partial charge in [0.1, 0.15) is 6.10 Å². The van der Waals surface area contributed by atoms with Crippen LogP contribution in [0.1, 0.15) is 46.5 Å². The minimum atomic E-state index is -2.23. The van der Waals surface area contributed by atoms with Gasteiger partial charge in [-0.2, -0.15) is 0 Å². The molecule has 3 atom stereocenters. The molecule has 0 spiro atoms. The minimum absolute atomic E-state index is 0.102. The van der Waals surface area contributed by atoms with E-state index >= 15 is 0 Å². The average Bonchev–Trinajstić information content (AvgIpc) is 2.11. The van der Waals surface area contributed by atoms with Crippen LogP contribution in [0, 0.1) is 5.92 Å². The average molecular weight is 288 g/mol. The predicted octanol–water partition coefficient (Wildman–Crippen LogP) is 2.45. The molecule has 1 aliphatic carbocycles. The molecule has 5 heteroatoms. The second-order valence-electron chi connectivity index (χ2n) is 7.11. The molecule has 1 rings (SSSR count). The number of aliphatic hydroxyl groups excluding tert-OH is 1. The SMILES string of the molecule is CC(=O)O[C@H]1C[C@@H](O)C[C@@H](CC(C)(C)[Si](C)(C)O)C1. The van der Waals surface area contributed by atoms with Crippen molar-refractivity contribution in [2.75, 3.05) is 0 Å². The molecule has 1 fully saturated rings. The first-order valence-corrected chi connectivity index (χ1v) is 10.0. The maximum Gasteiger partial charge on any atom is 0.302 e. The second-order valence-corrected chi connectivity index (χ2v) is 11.6. The molecular weight excluding hydrogens is 260 g/mol. The Labute approximate surface area is 117 Å². The van der Waals surface area contributed by atoms with E-state index in [4.69, 9.17) is 4.74 Å². The van der Waals surface area contributed by atoms with Crippen molar-refractivity contribution in [3.05, 3.63) is 0 Å². The molecule has 0 aliphatic heterocycles. The van der Waals surface area contributed by atoms with Gasteiger partial charge in [-0.1, -0.05) is 13.8 Å². The van der Waals surface area contributed by atoms with Gasteiger partial charge < -0.3 is 14.6 Å². The van der Waals surface area contributed by atoms with Crippen molar-refractivity contribution >= 4 is 14.3 Å². The standard InChI is InChI=1S/C14H28O4Si/c1-10(15)18-13-7-11(6-12(16)8-13)9-14(2,3)19(4,5)17/h11-13,16-17H,6-9H2,1-5H3/t11-,12+,13-/m1/s1. The van der Waals surface area contributed by atoms with Crippen LogP contribution in [0.5, 0.6) is 0 Å². The van der Waals surface area contributed by atoms with Crippen LogP contribution in [0.4, 0.5) is 0 Å². The number of hydrogen-bond donors (Lipinski definition) is 2. The molecule has 0 amide bonds. The highest BCUT2D eigenvalue weighted by molar-refractivity contribution is 6.72. The summed E-state index contributed by atoms with van der Waals surface area (Å²) in [6.07, 6.45) is 2.37. The molecule has 1 saturated carbocycles. The largest absolute Gasteiger partial charge is 0.462 e. The van der Waals surface area contributed by atoms with Gasteiger partial charge in [0, 0.05) is 13.3 Å². The lowest BCUT2D eigenvalue weighted by Crippen LogP contribution is -2.42. The lowest BCUT2D eigenvalue weighted by Gasteiger charge is -2.41. The van der Waals surface area contributed by atoms with Crippen LogP contribution < -0.4 is 0 Å². The molecule has 0 aromatic carbocycles. The Morgan fingerprint density at radius 2 is 1.89 bits per heavy atom. The molecule has 0 unspecified atom stereocenters. The summed E-state index contributed by atoms with van der Waals surface area (Å²) in [5.41, 5.74) is 0. The molecule has 4 nitrogen and oxygen atoms in total. The van der Waals surface area contributed by atoms with Gasteiger partial charge in [0.2, 0.25) is 0 Å². The Morgan fingerprint density at radius 3 is 2.37 bits per heavy atom. The van der Waals surface area contributed by atoms with E-state index in [0.29, 0.717) is 12.3 Å². The molecule has 0 aromatic rings. The van der Waals surface area contributed by atoms with Gasteiger partial charge >= 0.3 is 5.97 Å². The van der Waals surface area contributed by atoms with E-state index in [1.54, 1.807) is 0 Å². The number of carbonyl (C=O) groups is 1. The highest BCUT2D eigenvalue weighted by Gasteiger charge is 2.41. The fourth-order valence-corrected chi connectivity index (χ4v) is 3.61. The van der Waals surface area contributed by atoms with Crippen molar-refractivity contribution in [1.29, 1.82) is 0 Å². The fourth-order valence-electron chi connectivity index (χ4n) is 2.82. The molecule has 1 aliphatic rings. The topological polar surface area (TPSA) is 66.8 Å². The zero-order valence-corrected chi connectivity index (χ0v) is 13.8. The van der Waals surface area contributed by atoms with Crippen molar-refractivity contribution in [3.63, 3.8) is 0 Å². The predicted molar refractivity (Wildman–Crippen MR) is 77.3 cm³/mol. The molecule has 0 heterocycles. The van der Waals surface area contributed by atoms with E-state index < -0.39 is 14.4 Å². The maximum absolute atomic E-state index is 11.0. The molecule has 19 heavy (non-hydrogen) atoms. The van der Waals surface area contributed by atoms with Crippen molar-refractivity contribution in [1.82, 2.24) is 0 Å². The first-order chi connectivity index (χ1) is 8.51. The number of rotatable bonds is 4. The summed E-state index contributed by atoms with van der Waals surface area (Å²) in [5.74, 6) is 0.0241. The smallest absolute Gasteiger partial charge is 0.302 e. The van der Waals surface area contributed by atoms with Gasteiger partial charge in [-0.15, -0.1) is 0 Å². The van der Waals surface area contributed by atoms with E-state index in [9.17, 15) is 14.7 Å². The van der Waals surface area contributed by atoms with Crippen LogP contribution in [-0.2, 0) is 9.53 Å². The van der Waals surface area contributed by atoms with E-state index in [0.717, 1.165) is 19.3 Å². The van der Waals surface area contributed by atoms with E-state index in [-0.39, 0.29) is 17.1 Å². The van der Waals surface area contributed by atoms with Crippen LogP contribution in [-0.4, -0.2) is 36.4 Å². The highest BCUT2D eigenvalue weighted by Crippen LogP contribution is 2.45. The van der Waals surface area contributed by atoms with Gasteiger partial charge in [0.05, 0.1) is 6.10 Å². The van der Waals surface area contributed by atoms with E-state index in [1.807, 2.05) is 13.1 Å². The van der Waals surface area contributed by atoms with Gasteiger partial charge in [0.25, 0.3) is 0 Å². The van der Waals surface area contributed by atoms with Crippen LogP contribution in [0.2, 0.25) is 18.1 Å². The number of aliphatic hydroxyl groups is 1. The summed E-state index contributed by atoms with van der Waals surface area (Å²) >= 11 is 0. The molecule has 0 aromatic heterocycles. The molecule has 112 valence electrons. The minimum Gasteiger partial charge on any atom is -0.462 e. The number of hydrogen-bond acceptors (Lipinski definition) is 4. The lowest BCUT2D eigenvalue weighted by molar-refractivity contribution is -0.150. The molecule has 0 saturated heterocycles. The van der Waals surface area contributed by atoms with Gasteiger partial charge in [-0.25, -0.2) is 0 Å². The Balaban J connectivity index is 2.65. The zero-order valence-electron chi connectivity index (χ0n) is 12.8. The van der Waals surface area contributed by atoms with Gasteiger partial charge in [-0.3, -0.25) is 4.79 Å². The van der Waals surface area contributed by atoms with Crippen LogP contribution in [0.15, 0.2) is 0 Å². The Kier molecular flexibility index (Phi) is 5.20. The summed E-state index contributed by atoms with van der Waals surface area (Å²) in [6.45, 7) is 9.51. The molecule has 2 N–H and O–H groups in total. The summed E-state index contributed by atoms with van der Waals surface area (Å²) in [5, 5.41) is 9.82. The third kappa shape index (κ3) is 4.89. The fraction of sp³-hybridized carbons (Fsp3) is 0.929. The second kappa shape index (κ2) is 5.93. The van der Waals surface area contributed by atoms with Crippen LogP contribution in [0.3, 0.4) is 0 Å². The maximum atomic E-state index is 11.0. The monoisotopic (exact) mass is 288 g/mol. The lowest BCUT2D eigenvalue weighted by atomic mass is 9.80. The van der Waals surface area contributed by atoms with Gasteiger partial charge in [-0.05, 0) is 43.3 Å². The zero-order chi connectivity index (χ0) is 14.8. The van der Waals surface area contributed by atoms with Crippen LogP contribution >= 0.6 is 0 Å².